The maximum absolute atomic E-state index is 12.5. The molecule has 7 heteroatoms. The Labute approximate surface area is 120 Å². The van der Waals surface area contributed by atoms with Crippen LogP contribution in [0.3, 0.4) is 0 Å². The van der Waals surface area contributed by atoms with Gasteiger partial charge in [-0.2, -0.15) is 13.2 Å². The average Bonchev–Trinajstić information content (AvgIpc) is 2.37. The van der Waals surface area contributed by atoms with Crippen molar-refractivity contribution in [3.05, 3.63) is 28.8 Å². The van der Waals surface area contributed by atoms with E-state index >= 15 is 0 Å². The highest BCUT2D eigenvalue weighted by atomic mass is 35.5. The molecule has 2 unspecified atom stereocenters. The largest absolute Gasteiger partial charge is 0.416 e. The molecule has 0 aliphatic carbocycles. The second-order valence-electron chi connectivity index (χ2n) is 4.59. The summed E-state index contributed by atoms with van der Waals surface area (Å²) in [6.45, 7) is 3.71. The number of halogens is 4. The van der Waals surface area contributed by atoms with Gasteiger partial charge in [0.15, 0.2) is 0 Å². The molecule has 0 radical (unpaired) electrons. The van der Waals surface area contributed by atoms with Crippen molar-refractivity contribution in [3.63, 3.8) is 0 Å². The third-order valence-corrected chi connectivity index (χ3v) is 3.43. The van der Waals surface area contributed by atoms with Gasteiger partial charge in [-0.25, -0.2) is 0 Å². The fourth-order valence-electron chi connectivity index (χ4n) is 1.52. The van der Waals surface area contributed by atoms with Crippen LogP contribution >= 0.6 is 11.6 Å². The van der Waals surface area contributed by atoms with Crippen molar-refractivity contribution in [2.45, 2.75) is 32.5 Å². The number of amides is 1. The molecule has 1 amide bonds. The monoisotopic (exact) mass is 308 g/mol. The van der Waals surface area contributed by atoms with Gasteiger partial charge in [0.1, 0.15) is 0 Å². The normalized spacial score (nSPS) is 14.8. The number of hydrogen-bond donors (Lipinski definition) is 2. The summed E-state index contributed by atoms with van der Waals surface area (Å²) in [5.74, 6) is -0.510. The Bertz CT molecular complexity index is 491. The number of anilines is 1. The van der Waals surface area contributed by atoms with Gasteiger partial charge >= 0.3 is 6.18 Å². The van der Waals surface area contributed by atoms with E-state index < -0.39 is 23.7 Å². The van der Waals surface area contributed by atoms with Crippen LogP contribution in [0.1, 0.15) is 25.8 Å². The molecule has 0 spiro atoms. The highest BCUT2D eigenvalue weighted by Crippen LogP contribution is 2.33. The molecule has 0 fully saturated rings. The van der Waals surface area contributed by atoms with E-state index in [0.29, 0.717) is 0 Å². The predicted octanol–water partition coefficient (Wildman–Crippen LogP) is 3.67. The first kappa shape index (κ1) is 16.8. The number of carbonyl (C=O) groups is 1. The van der Waals surface area contributed by atoms with E-state index in [2.05, 4.69) is 5.32 Å². The van der Waals surface area contributed by atoms with Crippen LogP contribution in [0, 0.1) is 5.92 Å². The molecule has 2 atom stereocenters. The van der Waals surface area contributed by atoms with E-state index in [0.717, 1.165) is 24.6 Å². The molecule has 3 nitrogen and oxygen atoms in total. The molecule has 3 N–H and O–H groups in total. The van der Waals surface area contributed by atoms with E-state index in [1.807, 2.05) is 13.8 Å². The molecule has 1 aromatic carbocycles. The maximum Gasteiger partial charge on any atom is 0.416 e. The van der Waals surface area contributed by atoms with Gasteiger partial charge in [0.25, 0.3) is 0 Å². The van der Waals surface area contributed by atoms with Gasteiger partial charge in [-0.15, -0.1) is 0 Å². The Kier molecular flexibility index (Phi) is 5.42. The minimum absolute atomic E-state index is 0.0387. The van der Waals surface area contributed by atoms with Crippen LogP contribution in [0.2, 0.25) is 5.02 Å². The molecule has 112 valence electrons. The van der Waals surface area contributed by atoms with Gasteiger partial charge in [-0.05, 0) is 24.1 Å². The topological polar surface area (TPSA) is 55.1 Å². The predicted molar refractivity (Wildman–Crippen MR) is 72.5 cm³/mol. The molecule has 0 heterocycles. The average molecular weight is 309 g/mol. The maximum atomic E-state index is 12.5. The van der Waals surface area contributed by atoms with Gasteiger partial charge < -0.3 is 11.1 Å². The molecular formula is C13H16ClF3N2O. The molecule has 1 aromatic rings. The highest BCUT2D eigenvalue weighted by molar-refractivity contribution is 6.33. The smallest absolute Gasteiger partial charge is 0.323 e. The zero-order valence-corrected chi connectivity index (χ0v) is 11.8. The van der Waals surface area contributed by atoms with Gasteiger partial charge in [-0.1, -0.05) is 31.9 Å². The second kappa shape index (κ2) is 6.45. The number of rotatable bonds is 4. The summed E-state index contributed by atoms with van der Waals surface area (Å²) in [5.41, 5.74) is 4.98. The van der Waals surface area contributed by atoms with Crippen molar-refractivity contribution in [1.29, 1.82) is 0 Å². The molecule has 0 aromatic heterocycles. The second-order valence-corrected chi connectivity index (χ2v) is 5.00. The third kappa shape index (κ3) is 4.11. The molecule has 0 aliphatic rings. The van der Waals surface area contributed by atoms with Crippen molar-refractivity contribution < 1.29 is 18.0 Å². The van der Waals surface area contributed by atoms with Crippen LogP contribution in [0.25, 0.3) is 0 Å². The first-order valence-electron chi connectivity index (χ1n) is 6.10. The minimum Gasteiger partial charge on any atom is -0.323 e. The van der Waals surface area contributed by atoms with Gasteiger partial charge in [-0.3, -0.25) is 4.79 Å². The first-order chi connectivity index (χ1) is 9.16. The summed E-state index contributed by atoms with van der Waals surface area (Å²) in [7, 11) is 0. The summed E-state index contributed by atoms with van der Waals surface area (Å²) in [5, 5.41) is 2.26. The lowest BCUT2D eigenvalue weighted by Crippen LogP contribution is -2.40. The van der Waals surface area contributed by atoms with E-state index in [1.165, 1.54) is 0 Å². The molecular weight excluding hydrogens is 293 g/mol. The summed E-state index contributed by atoms with van der Waals surface area (Å²) in [4.78, 5) is 11.8. The number of carbonyl (C=O) groups excluding carboxylic acids is 1. The molecule has 0 bridgehead atoms. The quantitative estimate of drug-likeness (QED) is 0.891. The lowest BCUT2D eigenvalue weighted by Gasteiger charge is -2.18. The molecule has 0 aliphatic heterocycles. The van der Waals surface area contributed by atoms with Crippen molar-refractivity contribution in [1.82, 2.24) is 0 Å². The summed E-state index contributed by atoms with van der Waals surface area (Å²) in [6.07, 6.45) is -3.76. The number of nitrogens with two attached hydrogens (primary N) is 1. The zero-order valence-electron chi connectivity index (χ0n) is 11.1. The Morgan fingerprint density at radius 3 is 2.50 bits per heavy atom. The summed E-state index contributed by atoms with van der Waals surface area (Å²) < 4.78 is 37.4. The molecule has 1 rings (SSSR count). The number of hydrogen-bond acceptors (Lipinski definition) is 2. The lowest BCUT2D eigenvalue weighted by atomic mass is 9.99. The summed E-state index contributed by atoms with van der Waals surface area (Å²) >= 11 is 5.74. The van der Waals surface area contributed by atoms with E-state index in [1.54, 1.807) is 0 Å². The van der Waals surface area contributed by atoms with Gasteiger partial charge in [0.2, 0.25) is 5.91 Å². The van der Waals surface area contributed by atoms with Gasteiger partial charge in [0.05, 0.1) is 22.3 Å². The number of nitrogens with one attached hydrogen (secondary N) is 1. The Morgan fingerprint density at radius 1 is 1.45 bits per heavy atom. The zero-order chi connectivity index (χ0) is 15.5. The SMILES string of the molecule is CCC(C)C(N)C(=O)Nc1ccc(C(F)(F)F)cc1Cl. The third-order valence-electron chi connectivity index (χ3n) is 3.11. The first-order valence-corrected chi connectivity index (χ1v) is 6.47. The molecule has 0 saturated carbocycles. The van der Waals surface area contributed by atoms with Crippen molar-refractivity contribution in [2.24, 2.45) is 11.7 Å². The van der Waals surface area contributed by atoms with Crippen LogP contribution < -0.4 is 11.1 Å². The van der Waals surface area contributed by atoms with Crippen LogP contribution in [0.4, 0.5) is 18.9 Å². The highest BCUT2D eigenvalue weighted by Gasteiger charge is 2.31. The molecule has 20 heavy (non-hydrogen) atoms. The van der Waals surface area contributed by atoms with Crippen LogP contribution in [0.5, 0.6) is 0 Å². The Balaban J connectivity index is 2.87. The van der Waals surface area contributed by atoms with Crippen LogP contribution in [0.15, 0.2) is 18.2 Å². The number of benzene rings is 1. The molecule has 0 saturated heterocycles. The van der Waals surface area contributed by atoms with E-state index in [9.17, 15) is 18.0 Å². The summed E-state index contributed by atoms with van der Waals surface area (Å²) in [6, 6.07) is 2.01. The fourth-order valence-corrected chi connectivity index (χ4v) is 1.75. The van der Waals surface area contributed by atoms with Gasteiger partial charge in [0, 0.05) is 0 Å². The van der Waals surface area contributed by atoms with E-state index in [-0.39, 0.29) is 16.6 Å². The Hall–Kier alpha value is -1.27. The fraction of sp³-hybridized carbons (Fsp3) is 0.462. The van der Waals surface area contributed by atoms with E-state index in [4.69, 9.17) is 17.3 Å². The van der Waals surface area contributed by atoms with Crippen molar-refractivity contribution >= 4 is 23.2 Å². The van der Waals surface area contributed by atoms with Crippen molar-refractivity contribution in [3.8, 4) is 0 Å². The Morgan fingerprint density at radius 2 is 2.05 bits per heavy atom. The van der Waals surface area contributed by atoms with Crippen LogP contribution in [-0.4, -0.2) is 11.9 Å². The standard InChI is InChI=1S/C13H16ClF3N2O/c1-3-7(2)11(18)12(20)19-10-5-4-8(6-9(10)14)13(15,16)17/h4-7,11H,3,18H2,1-2H3,(H,19,20). The lowest BCUT2D eigenvalue weighted by molar-refractivity contribution is -0.137. The number of alkyl halides is 3. The van der Waals surface area contributed by atoms with Crippen molar-refractivity contribution in [2.75, 3.05) is 5.32 Å². The minimum atomic E-state index is -4.47. The van der Waals surface area contributed by atoms with Crippen LogP contribution in [-0.2, 0) is 11.0 Å².